The predicted octanol–water partition coefficient (Wildman–Crippen LogP) is 3.49. The van der Waals surface area contributed by atoms with Gasteiger partial charge in [-0.25, -0.2) is 9.07 Å². The molecule has 2 heterocycles. The van der Waals surface area contributed by atoms with Gasteiger partial charge in [0.1, 0.15) is 18.2 Å². The van der Waals surface area contributed by atoms with E-state index in [9.17, 15) is 4.39 Å². The lowest BCUT2D eigenvalue weighted by Crippen LogP contribution is -2.20. The highest BCUT2D eigenvalue weighted by atomic mass is 19.1. The van der Waals surface area contributed by atoms with Crippen molar-refractivity contribution in [3.05, 3.63) is 71.8 Å². The topological polar surface area (TPSA) is 61.2 Å². The summed E-state index contributed by atoms with van der Waals surface area (Å²) in [5, 5.41) is 7.56. The summed E-state index contributed by atoms with van der Waals surface area (Å²) in [4.78, 5) is 4.28. The SMILES string of the molecule is COc1cccc([C@H]2C=C(c3ccc(F)cc3)Nc3ncnn32)c1OC. The van der Waals surface area contributed by atoms with Crippen molar-refractivity contribution >= 4 is 11.6 Å². The fraction of sp³-hybridized carbons (Fsp3) is 0.158. The van der Waals surface area contributed by atoms with Crippen LogP contribution in [0.5, 0.6) is 11.5 Å². The van der Waals surface area contributed by atoms with Crippen LogP contribution in [-0.4, -0.2) is 29.0 Å². The van der Waals surface area contributed by atoms with Gasteiger partial charge in [0.15, 0.2) is 11.5 Å². The molecular formula is C19H17FN4O2. The molecule has 0 bridgehead atoms. The van der Waals surface area contributed by atoms with E-state index >= 15 is 0 Å². The lowest BCUT2D eigenvalue weighted by molar-refractivity contribution is 0.349. The van der Waals surface area contributed by atoms with Gasteiger partial charge in [0, 0.05) is 11.3 Å². The van der Waals surface area contributed by atoms with E-state index in [-0.39, 0.29) is 11.9 Å². The molecule has 132 valence electrons. The van der Waals surface area contributed by atoms with Gasteiger partial charge in [-0.15, -0.1) is 0 Å². The molecule has 0 radical (unpaired) electrons. The minimum absolute atomic E-state index is 0.251. The molecule has 2 aromatic carbocycles. The number of hydrogen-bond acceptors (Lipinski definition) is 5. The second-order valence-corrected chi connectivity index (χ2v) is 5.77. The van der Waals surface area contributed by atoms with E-state index in [0.717, 1.165) is 16.8 Å². The summed E-state index contributed by atoms with van der Waals surface area (Å²) < 4.78 is 26.0. The molecule has 1 aromatic heterocycles. The van der Waals surface area contributed by atoms with E-state index in [1.165, 1.54) is 18.5 Å². The van der Waals surface area contributed by atoms with Crippen molar-refractivity contribution in [2.45, 2.75) is 6.04 Å². The van der Waals surface area contributed by atoms with E-state index in [1.54, 1.807) is 31.0 Å². The minimum atomic E-state index is -0.278. The number of nitrogens with one attached hydrogen (secondary N) is 1. The molecule has 6 nitrogen and oxygen atoms in total. The highest BCUT2D eigenvalue weighted by Gasteiger charge is 2.27. The molecule has 1 aliphatic rings. The smallest absolute Gasteiger partial charge is 0.226 e. The Labute approximate surface area is 149 Å². The molecule has 0 fully saturated rings. The van der Waals surface area contributed by atoms with E-state index in [0.29, 0.717) is 17.4 Å². The summed E-state index contributed by atoms with van der Waals surface area (Å²) in [6, 6.07) is 11.8. The zero-order valence-electron chi connectivity index (χ0n) is 14.3. The van der Waals surface area contributed by atoms with Gasteiger partial charge in [0.25, 0.3) is 0 Å². The maximum absolute atomic E-state index is 13.3. The molecule has 7 heteroatoms. The standard InChI is InChI=1S/C19H17FN4O2/c1-25-17-5-3-4-14(18(17)26-2)16-10-15(12-6-8-13(20)9-7-12)23-19-21-11-22-24(16)19/h3-11,16H,1-2H3,(H,21,22,23)/t16-/m1/s1. The molecule has 4 rings (SSSR count). The van der Waals surface area contributed by atoms with E-state index < -0.39 is 0 Å². The van der Waals surface area contributed by atoms with Gasteiger partial charge in [0.2, 0.25) is 5.95 Å². The summed E-state index contributed by atoms with van der Waals surface area (Å²) in [6.45, 7) is 0. The molecule has 3 aromatic rings. The number of halogens is 1. The number of nitrogens with zero attached hydrogens (tertiary/aromatic N) is 3. The third-order valence-corrected chi connectivity index (χ3v) is 4.31. The third kappa shape index (κ3) is 2.67. The van der Waals surface area contributed by atoms with Crippen LogP contribution in [0.25, 0.3) is 5.70 Å². The first-order valence-electron chi connectivity index (χ1n) is 8.06. The van der Waals surface area contributed by atoms with Crippen molar-refractivity contribution in [3.63, 3.8) is 0 Å². The van der Waals surface area contributed by atoms with Gasteiger partial charge in [0.05, 0.1) is 14.2 Å². The Kier molecular flexibility index (Phi) is 4.04. The van der Waals surface area contributed by atoms with Crippen LogP contribution >= 0.6 is 0 Å². The first kappa shape index (κ1) is 16.1. The van der Waals surface area contributed by atoms with Crippen LogP contribution in [-0.2, 0) is 0 Å². The largest absolute Gasteiger partial charge is 0.493 e. The van der Waals surface area contributed by atoms with Crippen LogP contribution < -0.4 is 14.8 Å². The number of rotatable bonds is 4. The Morgan fingerprint density at radius 1 is 1.08 bits per heavy atom. The highest BCUT2D eigenvalue weighted by Crippen LogP contribution is 2.40. The number of fused-ring (bicyclic) bond motifs is 1. The Morgan fingerprint density at radius 3 is 2.62 bits per heavy atom. The number of para-hydroxylation sites is 1. The van der Waals surface area contributed by atoms with E-state index in [2.05, 4.69) is 15.4 Å². The molecular weight excluding hydrogens is 335 g/mol. The molecule has 0 amide bonds. The van der Waals surface area contributed by atoms with Crippen LogP contribution in [0, 0.1) is 5.82 Å². The second-order valence-electron chi connectivity index (χ2n) is 5.77. The third-order valence-electron chi connectivity index (χ3n) is 4.31. The lowest BCUT2D eigenvalue weighted by atomic mass is 10.0. The van der Waals surface area contributed by atoms with Crippen LogP contribution in [0.15, 0.2) is 54.9 Å². The molecule has 1 N–H and O–H groups in total. The van der Waals surface area contributed by atoms with Gasteiger partial charge in [-0.1, -0.05) is 12.1 Å². The molecule has 26 heavy (non-hydrogen) atoms. The summed E-state index contributed by atoms with van der Waals surface area (Å²) >= 11 is 0. The fourth-order valence-corrected chi connectivity index (χ4v) is 3.10. The zero-order valence-corrected chi connectivity index (χ0v) is 14.3. The number of benzene rings is 2. The first-order chi connectivity index (χ1) is 12.7. The normalized spacial score (nSPS) is 15.7. The molecule has 1 aliphatic heterocycles. The van der Waals surface area contributed by atoms with Crippen molar-refractivity contribution in [2.24, 2.45) is 0 Å². The molecule has 0 saturated carbocycles. The number of methoxy groups -OCH3 is 2. The molecule has 0 unspecified atom stereocenters. The van der Waals surface area contributed by atoms with Crippen LogP contribution in [0.2, 0.25) is 0 Å². The second kappa shape index (κ2) is 6.51. The number of allylic oxidation sites excluding steroid dienone is 1. The molecule has 0 aliphatic carbocycles. The Morgan fingerprint density at radius 2 is 1.88 bits per heavy atom. The Bertz CT molecular complexity index is 966. The molecule has 0 saturated heterocycles. The number of hydrogen-bond donors (Lipinski definition) is 1. The van der Waals surface area contributed by atoms with Crippen molar-refractivity contribution < 1.29 is 13.9 Å². The predicted molar refractivity (Wildman–Crippen MR) is 95.7 cm³/mol. The number of aromatic nitrogens is 3. The zero-order chi connectivity index (χ0) is 18.1. The van der Waals surface area contributed by atoms with Gasteiger partial charge in [-0.05, 0) is 42.0 Å². The van der Waals surface area contributed by atoms with Crippen LogP contribution in [0.3, 0.4) is 0 Å². The van der Waals surface area contributed by atoms with Crippen LogP contribution in [0.1, 0.15) is 17.2 Å². The van der Waals surface area contributed by atoms with Crippen molar-refractivity contribution in [2.75, 3.05) is 19.5 Å². The van der Waals surface area contributed by atoms with Gasteiger partial charge < -0.3 is 14.8 Å². The average molecular weight is 352 g/mol. The first-order valence-corrected chi connectivity index (χ1v) is 8.06. The number of ether oxygens (including phenoxy) is 2. The number of anilines is 1. The van der Waals surface area contributed by atoms with Gasteiger partial charge >= 0.3 is 0 Å². The van der Waals surface area contributed by atoms with E-state index in [4.69, 9.17) is 9.47 Å². The van der Waals surface area contributed by atoms with E-state index in [1.807, 2.05) is 24.3 Å². The maximum Gasteiger partial charge on any atom is 0.226 e. The average Bonchev–Trinajstić information content (AvgIpc) is 3.15. The van der Waals surface area contributed by atoms with Crippen molar-refractivity contribution in [3.8, 4) is 11.5 Å². The fourth-order valence-electron chi connectivity index (χ4n) is 3.10. The monoisotopic (exact) mass is 352 g/mol. The summed E-state index contributed by atoms with van der Waals surface area (Å²) in [7, 11) is 3.21. The lowest BCUT2D eigenvalue weighted by Gasteiger charge is -2.26. The quantitative estimate of drug-likeness (QED) is 0.779. The maximum atomic E-state index is 13.3. The van der Waals surface area contributed by atoms with Gasteiger partial charge in [-0.2, -0.15) is 10.1 Å². The Balaban J connectivity index is 1.85. The summed E-state index contributed by atoms with van der Waals surface area (Å²) in [6.07, 6.45) is 3.50. The molecule has 1 atom stereocenters. The minimum Gasteiger partial charge on any atom is -0.493 e. The molecule has 0 spiro atoms. The van der Waals surface area contributed by atoms with Crippen molar-refractivity contribution in [1.82, 2.24) is 14.8 Å². The van der Waals surface area contributed by atoms with Crippen LogP contribution in [0.4, 0.5) is 10.3 Å². The summed E-state index contributed by atoms with van der Waals surface area (Å²) in [5.41, 5.74) is 2.56. The van der Waals surface area contributed by atoms with Gasteiger partial charge in [-0.3, -0.25) is 0 Å². The summed E-state index contributed by atoms with van der Waals surface area (Å²) in [5.74, 6) is 1.60. The van der Waals surface area contributed by atoms with Crippen molar-refractivity contribution in [1.29, 1.82) is 0 Å². The Hall–Kier alpha value is -3.35. The highest BCUT2D eigenvalue weighted by molar-refractivity contribution is 5.77.